The van der Waals surface area contributed by atoms with Crippen LogP contribution < -0.4 is 5.32 Å². The first-order chi connectivity index (χ1) is 8.08. The lowest BCUT2D eigenvalue weighted by molar-refractivity contribution is 0.0636. The normalized spacial score (nSPS) is 12.0. The average molecular weight is 272 g/mol. The Labute approximate surface area is 106 Å². The quantitative estimate of drug-likeness (QED) is 0.887. The minimum absolute atomic E-state index is 0.101. The molecule has 100 valence electrons. The number of carbonyl (C=O) groups is 1. The highest BCUT2D eigenvalue weighted by Gasteiger charge is 2.17. The molecule has 1 aromatic heterocycles. The van der Waals surface area contributed by atoms with E-state index in [2.05, 4.69) is 10.3 Å². The number of pyridine rings is 1. The van der Waals surface area contributed by atoms with E-state index in [0.717, 1.165) is 6.26 Å². The number of anilines is 1. The van der Waals surface area contributed by atoms with Crippen LogP contribution in [-0.4, -0.2) is 31.4 Å². The zero-order chi connectivity index (χ0) is 14.0. The van der Waals surface area contributed by atoms with E-state index in [-0.39, 0.29) is 5.03 Å². The van der Waals surface area contributed by atoms with E-state index >= 15 is 0 Å². The summed E-state index contributed by atoms with van der Waals surface area (Å²) in [5.41, 5.74) is -0.295. The van der Waals surface area contributed by atoms with Crippen LogP contribution in [0, 0.1) is 0 Å². The monoisotopic (exact) mass is 272 g/mol. The summed E-state index contributed by atoms with van der Waals surface area (Å²) in [5, 5.41) is 2.34. The summed E-state index contributed by atoms with van der Waals surface area (Å²) < 4.78 is 27.6. The number of amides is 1. The Morgan fingerprint density at radius 2 is 2.00 bits per heavy atom. The number of aromatic nitrogens is 1. The van der Waals surface area contributed by atoms with Crippen LogP contribution in [0.3, 0.4) is 0 Å². The van der Waals surface area contributed by atoms with E-state index in [0.29, 0.717) is 5.69 Å². The molecule has 1 aromatic rings. The van der Waals surface area contributed by atoms with Gasteiger partial charge in [0.05, 0.1) is 0 Å². The van der Waals surface area contributed by atoms with Gasteiger partial charge in [-0.1, -0.05) is 0 Å². The summed E-state index contributed by atoms with van der Waals surface area (Å²) >= 11 is 0. The van der Waals surface area contributed by atoms with Crippen molar-refractivity contribution < 1.29 is 17.9 Å². The minimum Gasteiger partial charge on any atom is -0.444 e. The summed E-state index contributed by atoms with van der Waals surface area (Å²) in [6.07, 6.45) is 1.71. The van der Waals surface area contributed by atoms with Crippen molar-refractivity contribution in [2.75, 3.05) is 11.6 Å². The lowest BCUT2D eigenvalue weighted by Crippen LogP contribution is -2.27. The smallest absolute Gasteiger partial charge is 0.412 e. The third-order valence-corrected chi connectivity index (χ3v) is 2.74. The maximum absolute atomic E-state index is 11.5. The molecule has 0 aromatic carbocycles. The molecule has 0 unspecified atom stereocenters. The van der Waals surface area contributed by atoms with E-state index in [4.69, 9.17) is 4.74 Å². The third-order valence-electron chi connectivity index (χ3n) is 1.76. The van der Waals surface area contributed by atoms with Gasteiger partial charge >= 0.3 is 6.09 Å². The molecule has 0 fully saturated rings. The van der Waals surface area contributed by atoms with Crippen LogP contribution in [0.5, 0.6) is 0 Å². The highest BCUT2D eigenvalue weighted by Crippen LogP contribution is 2.14. The predicted octanol–water partition coefficient (Wildman–Crippen LogP) is 1.83. The molecule has 0 aliphatic heterocycles. The van der Waals surface area contributed by atoms with Crippen LogP contribution in [0.4, 0.5) is 10.5 Å². The van der Waals surface area contributed by atoms with Crippen molar-refractivity contribution in [2.45, 2.75) is 31.4 Å². The molecular formula is C11H16N2O4S. The van der Waals surface area contributed by atoms with Gasteiger partial charge in [0.15, 0.2) is 14.9 Å². The molecular weight excluding hydrogens is 256 g/mol. The Hall–Kier alpha value is -1.63. The summed E-state index contributed by atoms with van der Waals surface area (Å²) in [4.78, 5) is 15.2. The molecule has 1 rings (SSSR count). The second-order valence-electron chi connectivity index (χ2n) is 4.78. The molecule has 1 heterocycles. The number of rotatable bonds is 2. The van der Waals surface area contributed by atoms with Gasteiger partial charge in [0.25, 0.3) is 0 Å². The maximum Gasteiger partial charge on any atom is 0.412 e. The van der Waals surface area contributed by atoms with Gasteiger partial charge in [-0.15, -0.1) is 0 Å². The van der Waals surface area contributed by atoms with Crippen molar-refractivity contribution in [1.29, 1.82) is 0 Å². The van der Waals surface area contributed by atoms with Crippen LogP contribution in [0.1, 0.15) is 20.8 Å². The van der Waals surface area contributed by atoms with Crippen molar-refractivity contribution in [3.8, 4) is 0 Å². The molecule has 0 aliphatic carbocycles. The number of ether oxygens (including phenoxy) is 1. The van der Waals surface area contributed by atoms with Gasteiger partial charge in [0.1, 0.15) is 5.60 Å². The van der Waals surface area contributed by atoms with Gasteiger partial charge in [-0.3, -0.25) is 5.32 Å². The van der Waals surface area contributed by atoms with Gasteiger partial charge in [-0.05, 0) is 32.9 Å². The van der Waals surface area contributed by atoms with Crippen molar-refractivity contribution in [2.24, 2.45) is 0 Å². The summed E-state index contributed by atoms with van der Waals surface area (Å²) in [5.74, 6) is 0. The Morgan fingerprint density at radius 1 is 1.39 bits per heavy atom. The molecule has 0 atom stereocenters. The van der Waals surface area contributed by atoms with Crippen molar-refractivity contribution in [1.82, 2.24) is 4.98 Å². The van der Waals surface area contributed by atoms with E-state index in [1.807, 2.05) is 0 Å². The number of hydrogen-bond acceptors (Lipinski definition) is 5. The molecule has 0 saturated heterocycles. The van der Waals surface area contributed by atoms with Crippen LogP contribution in [-0.2, 0) is 14.6 Å². The lowest BCUT2D eigenvalue weighted by atomic mass is 10.2. The van der Waals surface area contributed by atoms with Gasteiger partial charge in [0.2, 0.25) is 0 Å². The molecule has 1 N–H and O–H groups in total. The van der Waals surface area contributed by atoms with Gasteiger partial charge < -0.3 is 4.74 Å². The zero-order valence-electron chi connectivity index (χ0n) is 10.7. The summed E-state index contributed by atoms with van der Waals surface area (Å²) in [7, 11) is -3.40. The van der Waals surface area contributed by atoms with Crippen molar-refractivity contribution in [3.05, 3.63) is 18.3 Å². The molecule has 7 heteroatoms. The van der Waals surface area contributed by atoms with Gasteiger partial charge in [0, 0.05) is 18.1 Å². The topological polar surface area (TPSA) is 85.4 Å². The molecule has 0 bridgehead atoms. The van der Waals surface area contributed by atoms with Gasteiger partial charge in [-0.25, -0.2) is 18.2 Å². The van der Waals surface area contributed by atoms with Crippen LogP contribution in [0.2, 0.25) is 0 Å². The van der Waals surface area contributed by atoms with Crippen molar-refractivity contribution >= 4 is 21.6 Å². The second kappa shape index (κ2) is 4.93. The molecule has 6 nitrogen and oxygen atoms in total. The maximum atomic E-state index is 11.5. The number of carbonyl (C=O) groups excluding carboxylic acids is 1. The number of nitrogens with zero attached hydrogens (tertiary/aromatic N) is 1. The second-order valence-corrected chi connectivity index (χ2v) is 6.74. The zero-order valence-corrected chi connectivity index (χ0v) is 11.5. The first-order valence-corrected chi connectivity index (χ1v) is 7.13. The van der Waals surface area contributed by atoms with E-state index in [1.54, 1.807) is 20.8 Å². The Bertz CT molecular complexity index is 546. The highest BCUT2D eigenvalue weighted by atomic mass is 32.2. The van der Waals surface area contributed by atoms with Crippen LogP contribution >= 0.6 is 0 Å². The molecule has 18 heavy (non-hydrogen) atoms. The standard InChI is InChI=1S/C11H16N2O4S/c1-11(2,3)17-10(14)13-8-5-6-12-9(7-8)18(4,15)16/h5-7H,1-4H3,(H,12,13,14). The fraction of sp³-hybridized carbons (Fsp3) is 0.455. The Balaban J connectivity index is 2.84. The molecule has 1 amide bonds. The van der Waals surface area contributed by atoms with Gasteiger partial charge in [-0.2, -0.15) is 0 Å². The molecule has 0 radical (unpaired) electrons. The summed E-state index contributed by atoms with van der Waals surface area (Å²) in [6, 6.07) is 2.76. The predicted molar refractivity (Wildman–Crippen MR) is 67.2 cm³/mol. The fourth-order valence-corrected chi connectivity index (χ4v) is 1.70. The highest BCUT2D eigenvalue weighted by molar-refractivity contribution is 7.90. The molecule has 0 saturated carbocycles. The minimum atomic E-state index is -3.40. The van der Waals surface area contributed by atoms with E-state index in [9.17, 15) is 13.2 Å². The first kappa shape index (κ1) is 14.4. The van der Waals surface area contributed by atoms with Crippen molar-refractivity contribution in [3.63, 3.8) is 0 Å². The third kappa shape index (κ3) is 4.70. The first-order valence-electron chi connectivity index (χ1n) is 5.24. The lowest BCUT2D eigenvalue weighted by Gasteiger charge is -2.19. The molecule has 0 spiro atoms. The Kier molecular flexibility index (Phi) is 3.95. The average Bonchev–Trinajstić information content (AvgIpc) is 2.13. The van der Waals surface area contributed by atoms with Crippen LogP contribution in [0.25, 0.3) is 0 Å². The number of sulfone groups is 1. The van der Waals surface area contributed by atoms with E-state index < -0.39 is 21.5 Å². The Morgan fingerprint density at radius 3 is 2.50 bits per heavy atom. The number of nitrogens with one attached hydrogen (secondary N) is 1. The fourth-order valence-electron chi connectivity index (χ4n) is 1.11. The largest absolute Gasteiger partial charge is 0.444 e. The van der Waals surface area contributed by atoms with E-state index in [1.165, 1.54) is 18.3 Å². The SMILES string of the molecule is CC(C)(C)OC(=O)Nc1ccnc(S(C)(=O)=O)c1. The summed E-state index contributed by atoms with van der Waals surface area (Å²) in [6.45, 7) is 5.21. The molecule has 0 aliphatic rings. The number of hydrogen-bond donors (Lipinski definition) is 1. The van der Waals surface area contributed by atoms with Crippen LogP contribution in [0.15, 0.2) is 23.4 Å².